The van der Waals surface area contributed by atoms with E-state index >= 15 is 0 Å². The summed E-state index contributed by atoms with van der Waals surface area (Å²) in [5.74, 6) is 1.05. The number of benzene rings is 2. The lowest BCUT2D eigenvalue weighted by atomic mass is 9.88. The van der Waals surface area contributed by atoms with Gasteiger partial charge in [0.15, 0.2) is 0 Å². The molecule has 2 fully saturated rings. The molecular weight excluding hydrogens is 533 g/mol. The van der Waals surface area contributed by atoms with Crippen LogP contribution in [0.4, 0.5) is 23.7 Å². The van der Waals surface area contributed by atoms with Gasteiger partial charge in [0, 0.05) is 63.0 Å². The summed E-state index contributed by atoms with van der Waals surface area (Å²) >= 11 is 0. The second-order valence-electron chi connectivity index (χ2n) is 10.6. The number of anilines is 1. The number of halogens is 3. The van der Waals surface area contributed by atoms with Gasteiger partial charge in [0.25, 0.3) is 0 Å². The Morgan fingerprint density at radius 1 is 1.02 bits per heavy atom. The Hall–Kier alpha value is -3.53. The number of amides is 3. The number of carbonyl (C=O) groups is 2. The highest BCUT2D eigenvalue weighted by Crippen LogP contribution is 2.31. The van der Waals surface area contributed by atoms with E-state index in [-0.39, 0.29) is 17.5 Å². The quantitative estimate of drug-likeness (QED) is 0.401. The molecule has 0 bridgehead atoms. The molecule has 0 spiro atoms. The number of nitrogens with one attached hydrogen (secondary N) is 1. The smallest absolute Gasteiger partial charge is 0.416 e. The molecule has 1 saturated heterocycles. The van der Waals surface area contributed by atoms with Gasteiger partial charge < -0.3 is 19.9 Å². The monoisotopic (exact) mass is 572 g/mol. The number of para-hydroxylation sites is 1. The highest BCUT2D eigenvalue weighted by atomic mass is 19.4. The minimum Gasteiger partial charge on any atom is -0.496 e. The summed E-state index contributed by atoms with van der Waals surface area (Å²) in [4.78, 5) is 31.9. The summed E-state index contributed by atoms with van der Waals surface area (Å²) in [5.41, 5.74) is 0.273. The van der Waals surface area contributed by atoms with Crippen molar-refractivity contribution in [1.82, 2.24) is 14.7 Å². The fourth-order valence-corrected chi connectivity index (χ4v) is 5.42. The SMILES string of the molecule is COc1ccccc1/C=C/CN(CCN1CCN(C(=O)Nc2cccc(C(F)(F)F)c2)CC1)C(=O)C1CCCCC1. The maximum absolute atomic E-state index is 13.5. The number of methoxy groups -OCH3 is 1. The van der Waals surface area contributed by atoms with Crippen molar-refractivity contribution < 1.29 is 27.5 Å². The molecule has 4 rings (SSSR count). The summed E-state index contributed by atoms with van der Waals surface area (Å²) in [6, 6.07) is 12.0. The minimum absolute atomic E-state index is 0.0693. The van der Waals surface area contributed by atoms with Crippen molar-refractivity contribution in [3.8, 4) is 5.75 Å². The average Bonchev–Trinajstić information content (AvgIpc) is 2.99. The minimum atomic E-state index is -4.47. The zero-order chi connectivity index (χ0) is 29.2. The van der Waals surface area contributed by atoms with Crippen LogP contribution in [0.3, 0.4) is 0 Å². The van der Waals surface area contributed by atoms with Crippen molar-refractivity contribution in [2.45, 2.75) is 38.3 Å². The average molecular weight is 573 g/mol. The van der Waals surface area contributed by atoms with Gasteiger partial charge >= 0.3 is 12.2 Å². The lowest BCUT2D eigenvalue weighted by molar-refractivity contribution is -0.137. The Morgan fingerprint density at radius 3 is 2.46 bits per heavy atom. The molecule has 41 heavy (non-hydrogen) atoms. The summed E-state index contributed by atoms with van der Waals surface area (Å²) in [6.07, 6.45) is 4.76. The summed E-state index contributed by atoms with van der Waals surface area (Å²) < 4.78 is 44.4. The van der Waals surface area contributed by atoms with Gasteiger partial charge in [0.05, 0.1) is 12.7 Å². The first-order valence-corrected chi connectivity index (χ1v) is 14.3. The van der Waals surface area contributed by atoms with Crippen molar-refractivity contribution in [1.29, 1.82) is 0 Å². The molecule has 7 nitrogen and oxygen atoms in total. The van der Waals surface area contributed by atoms with Crippen LogP contribution in [0.1, 0.15) is 43.2 Å². The van der Waals surface area contributed by atoms with Gasteiger partial charge in [-0.05, 0) is 37.1 Å². The van der Waals surface area contributed by atoms with Crippen LogP contribution in [-0.4, -0.2) is 79.6 Å². The van der Waals surface area contributed by atoms with Crippen LogP contribution in [0, 0.1) is 5.92 Å². The lowest BCUT2D eigenvalue weighted by Gasteiger charge is -2.36. The van der Waals surface area contributed by atoms with E-state index in [1.54, 1.807) is 12.0 Å². The van der Waals surface area contributed by atoms with Gasteiger partial charge in [-0.25, -0.2) is 4.79 Å². The number of urea groups is 1. The molecule has 3 amide bonds. The number of carbonyl (C=O) groups excluding carboxylic acids is 2. The van der Waals surface area contributed by atoms with Gasteiger partial charge in [-0.3, -0.25) is 9.69 Å². The first-order chi connectivity index (χ1) is 19.7. The molecular formula is C31H39F3N4O3. The first kappa shape index (κ1) is 30.4. The zero-order valence-electron chi connectivity index (χ0n) is 23.5. The Labute approximate surface area is 239 Å². The molecule has 1 saturated carbocycles. The highest BCUT2D eigenvalue weighted by Gasteiger charge is 2.31. The Kier molecular flexibility index (Phi) is 10.7. The first-order valence-electron chi connectivity index (χ1n) is 14.3. The summed E-state index contributed by atoms with van der Waals surface area (Å²) in [7, 11) is 1.64. The highest BCUT2D eigenvalue weighted by molar-refractivity contribution is 5.89. The molecule has 2 aliphatic rings. The fraction of sp³-hybridized carbons (Fsp3) is 0.484. The van der Waals surface area contributed by atoms with Crippen molar-refractivity contribution in [3.63, 3.8) is 0 Å². The molecule has 1 N–H and O–H groups in total. The molecule has 0 radical (unpaired) electrons. The van der Waals surface area contributed by atoms with Crippen LogP contribution in [-0.2, 0) is 11.0 Å². The van der Waals surface area contributed by atoms with Gasteiger partial charge in [-0.2, -0.15) is 13.2 Å². The summed E-state index contributed by atoms with van der Waals surface area (Å²) in [5, 5.41) is 2.58. The number of rotatable bonds is 9. The van der Waals surface area contributed by atoms with E-state index in [0.29, 0.717) is 45.8 Å². The third-order valence-electron chi connectivity index (χ3n) is 7.82. The largest absolute Gasteiger partial charge is 0.496 e. The predicted molar refractivity (Wildman–Crippen MR) is 154 cm³/mol. The Bertz CT molecular complexity index is 1190. The molecule has 1 aliphatic heterocycles. The van der Waals surface area contributed by atoms with Gasteiger partial charge in [-0.1, -0.05) is 55.7 Å². The van der Waals surface area contributed by atoms with Crippen LogP contribution in [0.25, 0.3) is 6.08 Å². The summed E-state index contributed by atoms with van der Waals surface area (Å²) in [6.45, 7) is 3.93. The molecule has 1 heterocycles. The number of hydrogen-bond donors (Lipinski definition) is 1. The van der Waals surface area contributed by atoms with Crippen molar-refractivity contribution in [2.75, 3.05) is 58.2 Å². The van der Waals surface area contributed by atoms with Crippen LogP contribution < -0.4 is 10.1 Å². The molecule has 10 heteroatoms. The maximum atomic E-state index is 13.5. The standard InChI is InChI=1S/C31H39F3N4O3/c1-41-28-15-6-5-9-24(28)12-8-16-37(29(39)25-10-3-2-4-11-25)20-17-36-18-21-38(22-19-36)30(40)35-27-14-7-13-26(23-27)31(32,33)34/h5-9,12-15,23,25H,2-4,10-11,16-22H2,1H3,(H,35,40)/b12-8+. The van der Waals surface area contributed by atoms with Gasteiger partial charge in [0.1, 0.15) is 5.75 Å². The third-order valence-corrected chi connectivity index (χ3v) is 7.82. The van der Waals surface area contributed by atoms with Crippen LogP contribution in [0.15, 0.2) is 54.6 Å². The van der Waals surface area contributed by atoms with E-state index in [0.717, 1.165) is 49.1 Å². The number of nitrogens with zero attached hydrogens (tertiary/aromatic N) is 3. The zero-order valence-corrected chi connectivity index (χ0v) is 23.5. The van der Waals surface area contributed by atoms with Crippen LogP contribution >= 0.6 is 0 Å². The number of piperazine rings is 1. The second kappa shape index (κ2) is 14.4. The normalized spacial score (nSPS) is 17.0. The van der Waals surface area contributed by atoms with Gasteiger partial charge in [0.2, 0.25) is 5.91 Å². The predicted octanol–water partition coefficient (Wildman–Crippen LogP) is 5.99. The number of ether oxygens (including phenoxy) is 1. The van der Waals surface area contributed by atoms with Crippen LogP contribution in [0.2, 0.25) is 0 Å². The Morgan fingerprint density at radius 2 is 1.76 bits per heavy atom. The molecule has 222 valence electrons. The molecule has 0 aromatic heterocycles. The topological polar surface area (TPSA) is 65.1 Å². The molecule has 2 aromatic carbocycles. The second-order valence-corrected chi connectivity index (χ2v) is 10.6. The van der Waals surface area contributed by atoms with E-state index in [1.165, 1.54) is 18.6 Å². The van der Waals surface area contributed by atoms with Gasteiger partial charge in [-0.15, -0.1) is 0 Å². The van der Waals surface area contributed by atoms with E-state index < -0.39 is 17.8 Å². The molecule has 0 unspecified atom stereocenters. The lowest BCUT2D eigenvalue weighted by Crippen LogP contribution is -2.52. The van der Waals surface area contributed by atoms with E-state index in [9.17, 15) is 22.8 Å². The number of hydrogen-bond acceptors (Lipinski definition) is 4. The van der Waals surface area contributed by atoms with Crippen molar-refractivity contribution in [2.24, 2.45) is 5.92 Å². The van der Waals surface area contributed by atoms with E-state index in [2.05, 4.69) is 10.2 Å². The third kappa shape index (κ3) is 8.73. The van der Waals surface area contributed by atoms with Crippen molar-refractivity contribution >= 4 is 23.7 Å². The van der Waals surface area contributed by atoms with E-state index in [1.807, 2.05) is 41.3 Å². The fourth-order valence-electron chi connectivity index (χ4n) is 5.42. The Balaban J connectivity index is 1.30. The molecule has 2 aromatic rings. The van der Waals surface area contributed by atoms with E-state index in [4.69, 9.17) is 4.74 Å². The van der Waals surface area contributed by atoms with Crippen molar-refractivity contribution in [3.05, 3.63) is 65.7 Å². The molecule has 1 aliphatic carbocycles. The maximum Gasteiger partial charge on any atom is 0.416 e. The van der Waals surface area contributed by atoms with Crippen LogP contribution in [0.5, 0.6) is 5.75 Å². The number of alkyl halides is 3. The molecule has 0 atom stereocenters.